The molecule has 1 atom stereocenters. The van der Waals surface area contributed by atoms with E-state index in [-0.39, 0.29) is 5.92 Å². The third-order valence-corrected chi connectivity index (χ3v) is 18.3. The monoisotopic (exact) mass is 1400 g/mol. The lowest BCUT2D eigenvalue weighted by Crippen LogP contribution is -2.31. The van der Waals surface area contributed by atoms with Gasteiger partial charge in [-0.2, -0.15) is 0 Å². The molecule has 0 aliphatic carbocycles. The van der Waals surface area contributed by atoms with Gasteiger partial charge in [-0.3, -0.25) is 0 Å². The van der Waals surface area contributed by atoms with E-state index in [0.717, 1.165) is 57.9 Å². The van der Waals surface area contributed by atoms with Crippen LogP contribution in [0.15, 0.2) is 256 Å². The maximum atomic E-state index is 8.19. The molecule has 6 nitrogen and oxygen atoms in total. The van der Waals surface area contributed by atoms with Crippen molar-refractivity contribution in [2.24, 2.45) is 59.5 Å². The Morgan fingerprint density at radius 3 is 0.971 bits per heavy atom. The fourth-order valence-electron chi connectivity index (χ4n) is 12.7. The average molecular weight is 1400 g/mol. The van der Waals surface area contributed by atoms with E-state index in [1.807, 2.05) is 189 Å². The van der Waals surface area contributed by atoms with Gasteiger partial charge in [0.25, 0.3) is 0 Å². The van der Waals surface area contributed by atoms with Gasteiger partial charge in [-0.1, -0.05) is 185 Å². The van der Waals surface area contributed by atoms with E-state index >= 15 is 0 Å². The van der Waals surface area contributed by atoms with E-state index in [9.17, 15) is 0 Å². The quantitative estimate of drug-likeness (QED) is 0.0969. The lowest BCUT2D eigenvalue weighted by molar-refractivity contribution is -0.661. The summed E-state index contributed by atoms with van der Waals surface area (Å²) >= 11 is 0. The van der Waals surface area contributed by atoms with Crippen LogP contribution >= 0.6 is 0 Å². The number of pyridine rings is 6. The molecule has 0 amide bonds. The Hall–Kier alpha value is -9.78. The lowest BCUT2D eigenvalue weighted by Gasteiger charge is -2.18. The van der Waals surface area contributed by atoms with Crippen molar-refractivity contribution in [2.45, 2.75) is 155 Å². The topological polar surface area (TPSA) is 23.3 Å². The minimum absolute atomic E-state index is 0.0492. The molecule has 6 aromatic carbocycles. The molecule has 0 aliphatic heterocycles. The van der Waals surface area contributed by atoms with Gasteiger partial charge in [-0.05, 0) is 201 Å². The van der Waals surface area contributed by atoms with Gasteiger partial charge < -0.3 is 0 Å². The van der Waals surface area contributed by atoms with Gasteiger partial charge in [0.1, 0.15) is 42.3 Å². The van der Waals surface area contributed by atoms with Crippen LogP contribution in [0.3, 0.4) is 0 Å². The zero-order chi connectivity index (χ0) is 84.6. The Bertz CT molecular complexity index is 5210. The van der Waals surface area contributed by atoms with Gasteiger partial charge in [-0.15, -0.1) is 0 Å². The first-order valence-electron chi connectivity index (χ1n) is 41.6. The van der Waals surface area contributed by atoms with Crippen molar-refractivity contribution >= 4 is 0 Å². The number of aromatic nitrogens is 6. The zero-order valence-corrected chi connectivity index (χ0v) is 66.5. The van der Waals surface area contributed by atoms with E-state index < -0.39 is 31.9 Å². The third kappa shape index (κ3) is 23.9. The number of nitrogens with zero attached hydrogens (tertiary/aromatic N) is 6. The number of benzene rings is 6. The molecule has 6 heterocycles. The summed E-state index contributed by atoms with van der Waals surface area (Å²) in [6, 6.07) is 74.1. The fraction of sp³-hybridized carbons (Fsp3) is 0.327. The van der Waals surface area contributed by atoms with Crippen molar-refractivity contribution in [3.05, 3.63) is 322 Å². The number of aryl methyl sites for hydroxylation is 14. The molecule has 12 rings (SSSR count). The predicted octanol–water partition coefficient (Wildman–Crippen LogP) is 21.2. The maximum Gasteiger partial charge on any atom is 0.212 e. The first-order valence-corrected chi connectivity index (χ1v) is 36.6. The second kappa shape index (κ2) is 39.2. The van der Waals surface area contributed by atoms with Crippen LogP contribution in [0.25, 0.3) is 67.5 Å². The van der Waals surface area contributed by atoms with Crippen molar-refractivity contribution in [3.63, 3.8) is 0 Å². The highest BCUT2D eigenvalue weighted by atomic mass is 14.9. The molecule has 104 heavy (non-hydrogen) atoms. The molecule has 6 heteroatoms. The highest BCUT2D eigenvalue weighted by Gasteiger charge is 2.20. The summed E-state index contributed by atoms with van der Waals surface area (Å²) in [6.07, 6.45) is 10.1. The number of hydrogen-bond donors (Lipinski definition) is 0. The molecule has 0 N–H and O–H groups in total. The first kappa shape index (κ1) is 67.4. The maximum absolute atomic E-state index is 8.19. The molecule has 0 saturated heterocycles. The summed E-state index contributed by atoms with van der Waals surface area (Å²) in [6.45, 7) is 30.1. The van der Waals surface area contributed by atoms with Crippen LogP contribution in [0.2, 0.25) is 0 Å². The van der Waals surface area contributed by atoms with Crippen LogP contribution < -0.4 is 27.4 Å². The predicted molar refractivity (Wildman–Crippen MR) is 440 cm³/mol. The van der Waals surface area contributed by atoms with Crippen molar-refractivity contribution in [1.82, 2.24) is 0 Å². The molecule has 0 spiro atoms. The molecule has 6 aromatic heterocycles. The second-order valence-electron chi connectivity index (χ2n) is 29.4. The second-order valence-corrected chi connectivity index (χ2v) is 29.4. The molecule has 0 saturated carbocycles. The van der Waals surface area contributed by atoms with Gasteiger partial charge in [0, 0.05) is 118 Å². The van der Waals surface area contributed by atoms with Crippen molar-refractivity contribution in [1.29, 1.82) is 0 Å². The molecule has 0 radical (unpaired) electrons. The van der Waals surface area contributed by atoms with Crippen LogP contribution in [0, 0.1) is 58.8 Å². The van der Waals surface area contributed by atoms with Crippen LogP contribution in [-0.2, 0) is 74.2 Å². The van der Waals surface area contributed by atoms with Crippen molar-refractivity contribution < 1.29 is 41.1 Å². The number of hydrogen-bond acceptors (Lipinski definition) is 0. The van der Waals surface area contributed by atoms with E-state index in [0.29, 0.717) is 28.0 Å². The van der Waals surface area contributed by atoms with E-state index in [2.05, 4.69) is 214 Å². The van der Waals surface area contributed by atoms with Crippen LogP contribution in [0.1, 0.15) is 162 Å². The fourth-order valence-corrected chi connectivity index (χ4v) is 12.7. The minimum atomic E-state index is -2.36. The molecule has 0 aliphatic rings. The first-order chi connectivity index (χ1) is 53.2. The Labute approximate surface area is 642 Å². The molecule has 540 valence electrons. The van der Waals surface area contributed by atoms with Crippen molar-refractivity contribution in [3.8, 4) is 67.5 Å². The lowest BCUT2D eigenvalue weighted by atomic mass is 9.88. The Kier molecular flexibility index (Phi) is 25.4. The highest BCUT2D eigenvalue weighted by Crippen LogP contribution is 2.28. The van der Waals surface area contributed by atoms with Crippen LogP contribution in [-0.4, -0.2) is 0 Å². The molecule has 12 aromatic rings. The van der Waals surface area contributed by atoms with E-state index in [1.165, 1.54) is 79.5 Å². The summed E-state index contributed by atoms with van der Waals surface area (Å²) in [5.74, 6) is -0.969. The standard InChI is InChI=1S/C18H24N.2C17H22N.C16H20N.2C15H18N/c1-14-8-6-7-9-16(14)17-12-15(10-11-19(17)5)13-18(2,3)4;1-13(2)11-15-9-10-18(4)17(12-15)16-8-6-5-7-14(16)3;1-13(2)11-15-9-10-17(18(4)12-15)16-8-6-5-7-14(16)3;1-12(2)14-9-10-16(17(4)11-14)15-8-6-5-7-13(15)3;1-4-13-9-10-16(3)15(11-13)14-8-6-5-7-12(14)2;1-4-13-9-10-15(16(3)11-13)14-8-6-5-7-12(14)2/h6-12H,13H2,1-5H3;2*5-10,12-13H,11H2,1-4H3;5-12H,1-4H3;2*5-11H,4H2,1-3H3/q6*+1/i;;11D2;1D3,12D;2*4D2. The summed E-state index contributed by atoms with van der Waals surface area (Å²) in [4.78, 5) is 0. The normalized spacial score (nSPS) is 13.4. The molecular formula is C98H124N6+6. The Balaban J connectivity index is 0.000000190. The minimum Gasteiger partial charge on any atom is -0.201 e. The highest BCUT2D eigenvalue weighted by molar-refractivity contribution is 5.65. The Morgan fingerprint density at radius 2 is 0.644 bits per heavy atom. The van der Waals surface area contributed by atoms with Gasteiger partial charge in [0.15, 0.2) is 37.2 Å². The van der Waals surface area contributed by atoms with Gasteiger partial charge in [0.2, 0.25) is 34.2 Å². The molecule has 0 bridgehead atoms. The zero-order valence-electron chi connectivity index (χ0n) is 76.5. The van der Waals surface area contributed by atoms with Crippen LogP contribution in [0.5, 0.6) is 0 Å². The van der Waals surface area contributed by atoms with Gasteiger partial charge in [-0.25, -0.2) is 27.4 Å². The van der Waals surface area contributed by atoms with Gasteiger partial charge >= 0.3 is 0 Å². The SMILES string of the molecule is Cc1ccccc1-c1cc(CC(C)(C)C)cc[n+]1C.Cc1ccccc1-c1cc(CC(C)C)cc[n+]1C.[2H]C([2H])(C)c1cc[n+](C)c(-c2ccccc2C)c1.[2H]C([2H])(C)c1ccc(-c2ccccc2C)[n+](C)c1.[2H]C([2H])([2H])C([2H])(C)c1ccc(-c2ccccc2C)[n+](C)c1.[2H]C([2H])(c1ccc(-c2ccccc2C)[n+](C)c1)C(C)C. The number of rotatable bonds is 14. The average Bonchev–Trinajstić information content (AvgIpc) is 0.737. The summed E-state index contributed by atoms with van der Waals surface area (Å²) in [5, 5.41) is 0. The summed E-state index contributed by atoms with van der Waals surface area (Å²) in [7, 11) is 12.0. The van der Waals surface area contributed by atoms with E-state index in [4.69, 9.17) is 13.7 Å². The molecular weight excluding hydrogens is 1260 g/mol. The molecule has 0 fully saturated rings. The smallest absolute Gasteiger partial charge is 0.201 e. The summed E-state index contributed by atoms with van der Waals surface area (Å²) in [5.41, 5.74) is 27.3. The molecule has 1 unspecified atom stereocenters. The third-order valence-electron chi connectivity index (χ3n) is 18.3. The van der Waals surface area contributed by atoms with Crippen LogP contribution in [0.4, 0.5) is 0 Å². The van der Waals surface area contributed by atoms with Gasteiger partial charge in [0.05, 0.1) is 0 Å². The summed E-state index contributed by atoms with van der Waals surface area (Å²) < 4.78 is 90.5. The largest absolute Gasteiger partial charge is 0.212 e. The van der Waals surface area contributed by atoms with E-state index in [1.54, 1.807) is 26.1 Å². The Morgan fingerprint density at radius 1 is 0.337 bits per heavy atom. The van der Waals surface area contributed by atoms with Crippen molar-refractivity contribution in [2.75, 3.05) is 0 Å².